The fraction of sp³-hybridized carbons (Fsp3) is 0.480. The summed E-state index contributed by atoms with van der Waals surface area (Å²) in [5, 5.41) is 12.8. The summed E-state index contributed by atoms with van der Waals surface area (Å²) >= 11 is 0. The molecule has 2 N–H and O–H groups in total. The van der Waals surface area contributed by atoms with Crippen LogP contribution in [0.3, 0.4) is 0 Å². The molecule has 4 aromatic rings. The van der Waals surface area contributed by atoms with Gasteiger partial charge in [0.25, 0.3) is 0 Å². The molecule has 0 bridgehead atoms. The number of rotatable bonds is 6. The monoisotopic (exact) mass is 891 g/mol. The molecule has 0 unspecified atom stereocenters. The molecule has 65 heavy (non-hydrogen) atoms. The Bertz CT molecular complexity index is 2120. The number of ether oxygens (including phenoxy) is 2. The maximum absolute atomic E-state index is 13.8. The largest absolute Gasteiger partial charge is 0.480 e. The van der Waals surface area contributed by atoms with Crippen molar-refractivity contribution in [1.82, 2.24) is 30.0 Å². The number of carbonyl (C=O) groups excluding carboxylic acids is 3. The van der Waals surface area contributed by atoms with Gasteiger partial charge in [-0.2, -0.15) is 0 Å². The number of aromatic nitrogens is 2. The number of amides is 3. The number of aliphatic carboxylic acids is 1. The van der Waals surface area contributed by atoms with Gasteiger partial charge in [-0.3, -0.25) is 14.6 Å². The van der Waals surface area contributed by atoms with Gasteiger partial charge in [0.1, 0.15) is 34.9 Å². The fourth-order valence-corrected chi connectivity index (χ4v) is 8.66. The molecule has 0 spiro atoms. The number of nitrogens with zero attached hydrogens (tertiary/aromatic N) is 7. The van der Waals surface area contributed by atoms with E-state index in [2.05, 4.69) is 31.2 Å². The third kappa shape index (κ3) is 13.4. The Morgan fingerprint density at radius 2 is 0.969 bits per heavy atom. The van der Waals surface area contributed by atoms with E-state index in [1.54, 1.807) is 31.9 Å². The lowest BCUT2D eigenvalue weighted by Gasteiger charge is -2.39. The number of carboxylic acid groups (broad SMARTS) is 1. The Kier molecular flexibility index (Phi) is 16.4. The van der Waals surface area contributed by atoms with Crippen LogP contribution in [0.25, 0.3) is 0 Å². The van der Waals surface area contributed by atoms with Crippen LogP contribution in [0.15, 0.2) is 109 Å². The Morgan fingerprint density at radius 3 is 1.38 bits per heavy atom. The SMILES string of the molecule is CC(C)(C)OC(=O)N1CC[C@H](c2ccccc2)[C@H]1C(=O)N1CCN(c2ccccn2)CC1.CC(C)(C)OC(=O)N1CC[C@H](c2ccccc2)[C@H]1C(=O)O.c1ccc(N2CCNCC2)nc1. The molecule has 4 fully saturated rings. The molecular weight excluding hydrogens is 825 g/mol. The molecule has 4 aliphatic heterocycles. The zero-order chi connectivity index (χ0) is 46.6. The third-order valence-corrected chi connectivity index (χ3v) is 11.7. The van der Waals surface area contributed by atoms with Crippen molar-refractivity contribution in [1.29, 1.82) is 0 Å². The van der Waals surface area contributed by atoms with Crippen molar-refractivity contribution in [3.05, 3.63) is 121 Å². The van der Waals surface area contributed by atoms with Crippen LogP contribution in [-0.2, 0) is 19.1 Å². The normalized spacial score (nSPS) is 21.0. The molecule has 4 atom stereocenters. The molecule has 2 aromatic heterocycles. The van der Waals surface area contributed by atoms with Gasteiger partial charge >= 0.3 is 18.2 Å². The molecule has 15 nitrogen and oxygen atoms in total. The van der Waals surface area contributed by atoms with Crippen molar-refractivity contribution in [3.8, 4) is 0 Å². The summed E-state index contributed by atoms with van der Waals surface area (Å²) in [4.78, 5) is 68.6. The van der Waals surface area contributed by atoms with Crippen LogP contribution < -0.4 is 15.1 Å². The van der Waals surface area contributed by atoms with Crippen LogP contribution >= 0.6 is 0 Å². The van der Waals surface area contributed by atoms with E-state index in [1.807, 2.05) is 123 Å². The number of likely N-dealkylation sites (tertiary alicyclic amines) is 2. The highest BCUT2D eigenvalue weighted by Crippen LogP contribution is 2.37. The number of carboxylic acids is 1. The summed E-state index contributed by atoms with van der Waals surface area (Å²) in [6.07, 6.45) is 4.02. The van der Waals surface area contributed by atoms with Gasteiger partial charge < -0.3 is 34.6 Å². The first-order chi connectivity index (χ1) is 31.1. The summed E-state index contributed by atoms with van der Waals surface area (Å²) in [6, 6.07) is 30.0. The van der Waals surface area contributed by atoms with Gasteiger partial charge in [-0.25, -0.2) is 24.4 Å². The van der Waals surface area contributed by atoms with Gasteiger partial charge in [-0.15, -0.1) is 0 Å². The third-order valence-electron chi connectivity index (χ3n) is 11.7. The molecule has 348 valence electrons. The molecule has 4 saturated heterocycles. The van der Waals surface area contributed by atoms with Gasteiger partial charge in [0.15, 0.2) is 0 Å². The van der Waals surface area contributed by atoms with Crippen LogP contribution in [0.2, 0.25) is 0 Å². The quantitative estimate of drug-likeness (QED) is 0.207. The van der Waals surface area contributed by atoms with Crippen molar-refractivity contribution < 1.29 is 33.8 Å². The molecule has 3 amide bonds. The molecular formula is C50H66N8O7. The molecule has 4 aliphatic rings. The maximum Gasteiger partial charge on any atom is 0.411 e. The van der Waals surface area contributed by atoms with Gasteiger partial charge in [0.2, 0.25) is 5.91 Å². The van der Waals surface area contributed by atoms with Crippen molar-refractivity contribution >= 4 is 35.7 Å². The summed E-state index contributed by atoms with van der Waals surface area (Å²) < 4.78 is 11.0. The predicted molar refractivity (Wildman–Crippen MR) is 251 cm³/mol. The van der Waals surface area contributed by atoms with Crippen LogP contribution in [0.4, 0.5) is 21.2 Å². The Labute approximate surface area is 383 Å². The predicted octanol–water partition coefficient (Wildman–Crippen LogP) is 6.88. The number of nitrogens with one attached hydrogen (secondary N) is 1. The number of pyridine rings is 2. The number of benzene rings is 2. The number of hydrogen-bond donors (Lipinski definition) is 2. The van der Waals surface area contributed by atoms with E-state index < -0.39 is 41.4 Å². The lowest BCUT2D eigenvalue weighted by Crippen LogP contribution is -2.56. The molecule has 0 aliphatic carbocycles. The lowest BCUT2D eigenvalue weighted by atomic mass is 9.91. The first kappa shape index (κ1) is 48.2. The maximum atomic E-state index is 13.8. The second kappa shape index (κ2) is 22.1. The molecule has 0 radical (unpaired) electrons. The fourth-order valence-electron chi connectivity index (χ4n) is 8.66. The molecule has 0 saturated carbocycles. The highest BCUT2D eigenvalue weighted by molar-refractivity contribution is 5.88. The number of hydrogen-bond acceptors (Lipinski definition) is 11. The van der Waals surface area contributed by atoms with Gasteiger partial charge in [-0.1, -0.05) is 72.8 Å². The highest BCUT2D eigenvalue weighted by atomic mass is 16.6. The zero-order valence-corrected chi connectivity index (χ0v) is 38.7. The second-order valence-corrected chi connectivity index (χ2v) is 18.6. The summed E-state index contributed by atoms with van der Waals surface area (Å²) in [5.74, 6) is 0.799. The molecule has 6 heterocycles. The van der Waals surface area contributed by atoms with Crippen molar-refractivity contribution in [2.45, 2.75) is 89.5 Å². The standard InChI is InChI=1S/C25H32N4O3.C16H21NO4.C9H13N3/c1-25(2,3)32-24(31)29-14-12-20(19-9-5-4-6-10-19)22(29)23(30)28-17-15-27(16-18-28)21-11-7-8-13-26-21;1-16(2,3)21-15(20)17-10-9-12(13(17)14(18)19)11-7-5-4-6-8-11;1-2-4-11-9(3-1)12-7-5-10-6-8-12/h4-11,13,20,22H,12,14-18H2,1-3H3;4-8,12-13H,9-10H2,1-3H3,(H,18,19);1-4,10H,5-8H2/t20-,22+;12-,13+;/m11./s1. The minimum Gasteiger partial charge on any atom is -0.480 e. The summed E-state index contributed by atoms with van der Waals surface area (Å²) in [5.41, 5.74) is 0.786. The van der Waals surface area contributed by atoms with Crippen LogP contribution in [-0.4, -0.2) is 143 Å². The number of carbonyl (C=O) groups is 4. The van der Waals surface area contributed by atoms with Crippen LogP contribution in [0, 0.1) is 0 Å². The van der Waals surface area contributed by atoms with Gasteiger partial charge in [-0.05, 0) is 89.8 Å². The minimum atomic E-state index is -0.993. The summed E-state index contributed by atoms with van der Waals surface area (Å²) in [7, 11) is 0. The van der Waals surface area contributed by atoms with E-state index in [-0.39, 0.29) is 17.7 Å². The highest BCUT2D eigenvalue weighted by Gasteiger charge is 2.46. The van der Waals surface area contributed by atoms with E-state index in [1.165, 1.54) is 4.90 Å². The molecule has 15 heteroatoms. The van der Waals surface area contributed by atoms with Crippen molar-refractivity contribution in [2.75, 3.05) is 75.2 Å². The second-order valence-electron chi connectivity index (χ2n) is 18.6. The van der Waals surface area contributed by atoms with E-state index in [4.69, 9.17) is 9.47 Å². The van der Waals surface area contributed by atoms with E-state index in [0.29, 0.717) is 32.6 Å². The van der Waals surface area contributed by atoms with Crippen LogP contribution in [0.5, 0.6) is 0 Å². The van der Waals surface area contributed by atoms with Gasteiger partial charge in [0.05, 0.1) is 0 Å². The average Bonchev–Trinajstić information content (AvgIpc) is 3.97. The average molecular weight is 891 g/mol. The van der Waals surface area contributed by atoms with E-state index in [9.17, 15) is 24.3 Å². The first-order valence-electron chi connectivity index (χ1n) is 22.7. The Hall–Kier alpha value is -6.22. The lowest BCUT2D eigenvalue weighted by molar-refractivity contribution is -0.142. The van der Waals surface area contributed by atoms with Crippen LogP contribution in [0.1, 0.15) is 77.3 Å². The number of anilines is 2. The topological polar surface area (TPSA) is 161 Å². The Morgan fingerprint density at radius 1 is 0.554 bits per heavy atom. The van der Waals surface area contributed by atoms with E-state index in [0.717, 1.165) is 68.5 Å². The molecule has 2 aromatic carbocycles. The van der Waals surface area contributed by atoms with Crippen molar-refractivity contribution in [3.63, 3.8) is 0 Å². The summed E-state index contributed by atoms with van der Waals surface area (Å²) in [6.45, 7) is 18.7. The Balaban J connectivity index is 0.000000181. The number of piperazine rings is 2. The van der Waals surface area contributed by atoms with E-state index >= 15 is 0 Å². The minimum absolute atomic E-state index is 0.00267. The van der Waals surface area contributed by atoms with Crippen molar-refractivity contribution in [2.24, 2.45) is 0 Å². The first-order valence-corrected chi connectivity index (χ1v) is 22.7. The smallest absolute Gasteiger partial charge is 0.411 e. The zero-order valence-electron chi connectivity index (χ0n) is 38.7. The van der Waals surface area contributed by atoms with Gasteiger partial charge in [0, 0.05) is 89.7 Å². The molecule has 8 rings (SSSR count).